The number of nitrogens with zero attached hydrogens (tertiary/aromatic N) is 3. The molecule has 1 aliphatic heterocycles. The van der Waals surface area contributed by atoms with Crippen LogP contribution in [0.1, 0.15) is 43.2 Å². The van der Waals surface area contributed by atoms with Crippen LogP contribution < -0.4 is 0 Å². The lowest BCUT2D eigenvalue weighted by atomic mass is 10.0. The summed E-state index contributed by atoms with van der Waals surface area (Å²) in [6.07, 6.45) is 6.29. The lowest BCUT2D eigenvalue weighted by Gasteiger charge is -2.33. The summed E-state index contributed by atoms with van der Waals surface area (Å²) in [5.74, 6) is 1.85. The highest BCUT2D eigenvalue weighted by Crippen LogP contribution is 2.33. The van der Waals surface area contributed by atoms with Crippen LogP contribution in [0.5, 0.6) is 0 Å². The molecule has 1 aromatic rings. The molecule has 0 N–H and O–H groups in total. The van der Waals surface area contributed by atoms with E-state index in [1.165, 1.54) is 5.69 Å². The van der Waals surface area contributed by atoms with Gasteiger partial charge in [-0.05, 0) is 39.5 Å². The highest BCUT2D eigenvalue weighted by atomic mass is 16.2. The van der Waals surface area contributed by atoms with Crippen molar-refractivity contribution in [2.24, 2.45) is 5.92 Å². The predicted octanol–water partition coefficient (Wildman–Crippen LogP) is 2.07. The number of imidazole rings is 1. The topological polar surface area (TPSA) is 38.1 Å². The number of likely N-dealkylation sites (tertiary alicyclic amines) is 1. The van der Waals surface area contributed by atoms with Crippen LogP contribution in [0, 0.1) is 19.8 Å². The maximum Gasteiger partial charge on any atom is 0.225 e. The smallest absolute Gasteiger partial charge is 0.225 e. The van der Waals surface area contributed by atoms with Crippen molar-refractivity contribution in [3.8, 4) is 0 Å². The molecular formula is C14H21N3O. The first kappa shape index (κ1) is 11.8. The standard InChI is InChI=1S/C14H21N3O/c1-10-9-15-11(2)17(10)13-5-7-16(8-6-13)14(18)12-3-4-12/h9,12-13H,3-8H2,1-2H3. The fourth-order valence-corrected chi connectivity index (χ4v) is 3.05. The van der Waals surface area contributed by atoms with E-state index < -0.39 is 0 Å². The zero-order chi connectivity index (χ0) is 12.7. The van der Waals surface area contributed by atoms with Gasteiger partial charge in [0.25, 0.3) is 0 Å². The molecule has 0 unspecified atom stereocenters. The Morgan fingerprint density at radius 3 is 2.39 bits per heavy atom. The molecular weight excluding hydrogens is 226 g/mol. The average Bonchev–Trinajstić information content (AvgIpc) is 3.16. The molecule has 1 amide bonds. The summed E-state index contributed by atoms with van der Waals surface area (Å²) in [6, 6.07) is 0.524. The predicted molar refractivity (Wildman–Crippen MR) is 69.3 cm³/mol. The number of aromatic nitrogens is 2. The van der Waals surface area contributed by atoms with E-state index in [0.29, 0.717) is 17.9 Å². The van der Waals surface area contributed by atoms with Gasteiger partial charge in [0.05, 0.1) is 0 Å². The third-order valence-electron chi connectivity index (χ3n) is 4.23. The van der Waals surface area contributed by atoms with Gasteiger partial charge in [0.15, 0.2) is 0 Å². The van der Waals surface area contributed by atoms with Crippen LogP contribution in [0.3, 0.4) is 0 Å². The second-order valence-corrected chi connectivity index (χ2v) is 5.65. The fraction of sp³-hybridized carbons (Fsp3) is 0.714. The van der Waals surface area contributed by atoms with Crippen LogP contribution >= 0.6 is 0 Å². The molecule has 4 nitrogen and oxygen atoms in total. The lowest BCUT2D eigenvalue weighted by molar-refractivity contribution is -0.133. The van der Waals surface area contributed by atoms with E-state index in [0.717, 1.165) is 44.6 Å². The molecule has 2 fully saturated rings. The van der Waals surface area contributed by atoms with Crippen LogP contribution in [0.15, 0.2) is 6.20 Å². The second kappa shape index (κ2) is 4.41. The molecule has 0 spiro atoms. The molecule has 2 aliphatic rings. The highest BCUT2D eigenvalue weighted by molar-refractivity contribution is 5.81. The molecule has 2 heterocycles. The number of amides is 1. The van der Waals surface area contributed by atoms with Gasteiger partial charge < -0.3 is 9.47 Å². The third-order valence-corrected chi connectivity index (χ3v) is 4.23. The first-order valence-electron chi connectivity index (χ1n) is 6.96. The Balaban J connectivity index is 1.64. The van der Waals surface area contributed by atoms with Gasteiger partial charge in [0.1, 0.15) is 5.82 Å². The normalized spacial score (nSPS) is 21.3. The molecule has 0 aromatic carbocycles. The SMILES string of the molecule is Cc1cnc(C)n1C1CCN(C(=O)C2CC2)CC1. The van der Waals surface area contributed by atoms with E-state index >= 15 is 0 Å². The molecule has 3 rings (SSSR count). The van der Waals surface area contributed by atoms with Crippen molar-refractivity contribution in [1.82, 2.24) is 14.5 Å². The first-order valence-corrected chi connectivity index (χ1v) is 6.96. The molecule has 98 valence electrons. The Kier molecular flexibility index (Phi) is 2.88. The maximum atomic E-state index is 12.0. The van der Waals surface area contributed by atoms with Crippen molar-refractivity contribution in [3.05, 3.63) is 17.7 Å². The van der Waals surface area contributed by atoms with Gasteiger partial charge in [-0.25, -0.2) is 4.98 Å². The molecule has 0 bridgehead atoms. The Bertz CT molecular complexity index is 434. The van der Waals surface area contributed by atoms with Crippen molar-refractivity contribution >= 4 is 5.91 Å². The zero-order valence-electron chi connectivity index (χ0n) is 11.2. The van der Waals surface area contributed by atoms with Crippen molar-refractivity contribution in [2.75, 3.05) is 13.1 Å². The Morgan fingerprint density at radius 2 is 1.89 bits per heavy atom. The lowest BCUT2D eigenvalue weighted by Crippen LogP contribution is -2.40. The quantitative estimate of drug-likeness (QED) is 0.802. The monoisotopic (exact) mass is 247 g/mol. The molecule has 1 saturated carbocycles. The Morgan fingerprint density at radius 1 is 1.22 bits per heavy atom. The summed E-state index contributed by atoms with van der Waals surface area (Å²) in [4.78, 5) is 18.4. The molecule has 1 aliphatic carbocycles. The van der Waals surface area contributed by atoms with Crippen molar-refractivity contribution in [1.29, 1.82) is 0 Å². The molecule has 0 radical (unpaired) electrons. The summed E-state index contributed by atoms with van der Waals surface area (Å²) in [5.41, 5.74) is 1.24. The van der Waals surface area contributed by atoms with Gasteiger partial charge in [-0.1, -0.05) is 0 Å². The van der Waals surface area contributed by atoms with E-state index in [1.807, 2.05) is 6.20 Å². The Labute approximate surface area is 108 Å². The van der Waals surface area contributed by atoms with E-state index in [4.69, 9.17) is 0 Å². The molecule has 1 aromatic heterocycles. The fourth-order valence-electron chi connectivity index (χ4n) is 3.05. The van der Waals surface area contributed by atoms with E-state index in [9.17, 15) is 4.79 Å². The van der Waals surface area contributed by atoms with Crippen LogP contribution in [0.25, 0.3) is 0 Å². The number of carbonyl (C=O) groups excluding carboxylic acids is 1. The van der Waals surface area contributed by atoms with E-state index in [-0.39, 0.29) is 0 Å². The largest absolute Gasteiger partial charge is 0.342 e. The minimum atomic E-state index is 0.360. The summed E-state index contributed by atoms with van der Waals surface area (Å²) >= 11 is 0. The molecule has 1 saturated heterocycles. The van der Waals surface area contributed by atoms with E-state index in [2.05, 4.69) is 28.3 Å². The van der Waals surface area contributed by atoms with Gasteiger partial charge in [-0.3, -0.25) is 4.79 Å². The zero-order valence-corrected chi connectivity index (χ0v) is 11.2. The highest BCUT2D eigenvalue weighted by Gasteiger charge is 2.35. The number of hydrogen-bond acceptors (Lipinski definition) is 2. The Hall–Kier alpha value is -1.32. The molecule has 0 atom stereocenters. The average molecular weight is 247 g/mol. The van der Waals surface area contributed by atoms with Gasteiger partial charge in [-0.15, -0.1) is 0 Å². The number of aryl methyl sites for hydroxylation is 2. The van der Waals surface area contributed by atoms with Crippen molar-refractivity contribution in [2.45, 2.75) is 45.6 Å². The number of carbonyl (C=O) groups is 1. The van der Waals surface area contributed by atoms with Crippen molar-refractivity contribution < 1.29 is 4.79 Å². The van der Waals surface area contributed by atoms with Gasteiger partial charge in [0.2, 0.25) is 5.91 Å². The summed E-state index contributed by atoms with van der Waals surface area (Å²) in [5, 5.41) is 0. The third kappa shape index (κ3) is 2.04. The van der Waals surface area contributed by atoms with Crippen LogP contribution in [-0.2, 0) is 4.79 Å². The summed E-state index contributed by atoms with van der Waals surface area (Å²) in [6.45, 7) is 6.00. The number of piperidine rings is 1. The van der Waals surface area contributed by atoms with Crippen molar-refractivity contribution in [3.63, 3.8) is 0 Å². The number of hydrogen-bond donors (Lipinski definition) is 0. The second-order valence-electron chi connectivity index (χ2n) is 5.65. The first-order chi connectivity index (χ1) is 8.66. The van der Waals surface area contributed by atoms with Crippen LogP contribution in [0.2, 0.25) is 0 Å². The molecule has 18 heavy (non-hydrogen) atoms. The van der Waals surface area contributed by atoms with E-state index in [1.54, 1.807) is 0 Å². The maximum absolute atomic E-state index is 12.0. The summed E-state index contributed by atoms with van der Waals surface area (Å²) in [7, 11) is 0. The molecule has 4 heteroatoms. The number of rotatable bonds is 2. The van der Waals surface area contributed by atoms with Gasteiger partial charge in [0, 0.05) is 36.9 Å². The summed E-state index contributed by atoms with van der Waals surface area (Å²) < 4.78 is 2.33. The van der Waals surface area contributed by atoms with Crippen LogP contribution in [0.4, 0.5) is 0 Å². The minimum Gasteiger partial charge on any atom is -0.342 e. The van der Waals surface area contributed by atoms with Gasteiger partial charge >= 0.3 is 0 Å². The minimum absolute atomic E-state index is 0.360. The van der Waals surface area contributed by atoms with Gasteiger partial charge in [-0.2, -0.15) is 0 Å². The van der Waals surface area contributed by atoms with Crippen LogP contribution in [-0.4, -0.2) is 33.4 Å².